The number of halogens is 4. The van der Waals surface area contributed by atoms with Gasteiger partial charge in [0.15, 0.2) is 0 Å². The number of hydrogen-bond acceptors (Lipinski definition) is 5. The zero-order chi connectivity index (χ0) is 25.4. The molecule has 0 bridgehead atoms. The maximum atomic E-state index is 14.5. The number of imide groups is 1. The van der Waals surface area contributed by atoms with Gasteiger partial charge in [-0.05, 0) is 23.3 Å². The molecule has 3 atom stereocenters. The largest absolute Gasteiger partial charge is 0.481 e. The second-order valence-electron chi connectivity index (χ2n) is 7.89. The molecule has 0 aromatic heterocycles. The molecule has 2 aromatic carbocycles. The number of rotatable bonds is 8. The van der Waals surface area contributed by atoms with Gasteiger partial charge in [-0.2, -0.15) is 8.78 Å². The maximum Gasteiger partial charge on any atom is 0.345 e. The lowest BCUT2D eigenvalue weighted by Gasteiger charge is -2.31. The maximum absolute atomic E-state index is 14.5. The Labute approximate surface area is 196 Å². The van der Waals surface area contributed by atoms with E-state index < -0.39 is 55.0 Å². The zero-order valence-electron chi connectivity index (χ0n) is 18.2. The van der Waals surface area contributed by atoms with Crippen molar-refractivity contribution in [3.63, 3.8) is 0 Å². The van der Waals surface area contributed by atoms with Crippen molar-refractivity contribution in [2.24, 2.45) is 5.92 Å². The molecule has 1 saturated heterocycles. The van der Waals surface area contributed by atoms with Crippen LogP contribution >= 0.6 is 0 Å². The molecule has 1 aliphatic heterocycles. The number of hydrogen-bond donors (Lipinski definition) is 1. The Morgan fingerprint density at radius 3 is 2.49 bits per heavy atom. The molecule has 0 spiro atoms. The average Bonchev–Trinajstić information content (AvgIpc) is 3.06. The van der Waals surface area contributed by atoms with Gasteiger partial charge in [0.1, 0.15) is 23.6 Å². The van der Waals surface area contributed by atoms with E-state index in [0.29, 0.717) is 4.90 Å². The van der Waals surface area contributed by atoms with Crippen LogP contribution in [0, 0.1) is 11.7 Å². The minimum absolute atomic E-state index is 0.0946. The van der Waals surface area contributed by atoms with Gasteiger partial charge in [0.2, 0.25) is 12.3 Å². The summed E-state index contributed by atoms with van der Waals surface area (Å²) in [5.74, 6) is -6.16. The van der Waals surface area contributed by atoms with Gasteiger partial charge in [-0.1, -0.05) is 37.3 Å². The molecule has 35 heavy (non-hydrogen) atoms. The highest BCUT2D eigenvalue weighted by Crippen LogP contribution is 2.50. The van der Waals surface area contributed by atoms with Crippen LogP contribution in [0.5, 0.6) is 0 Å². The van der Waals surface area contributed by atoms with Crippen LogP contribution in [0.4, 0.5) is 23.2 Å². The second kappa shape index (κ2) is 9.49. The van der Waals surface area contributed by atoms with Gasteiger partial charge in [0, 0.05) is 12.0 Å². The minimum Gasteiger partial charge on any atom is -0.481 e. The number of amides is 2. The third-order valence-electron chi connectivity index (χ3n) is 5.74. The van der Waals surface area contributed by atoms with Crippen LogP contribution in [-0.2, 0) is 30.3 Å². The van der Waals surface area contributed by atoms with Crippen molar-refractivity contribution in [3.8, 4) is 0 Å². The van der Waals surface area contributed by atoms with Gasteiger partial charge in [0.05, 0.1) is 17.7 Å². The summed E-state index contributed by atoms with van der Waals surface area (Å²) < 4.78 is 65.6. The number of carboxylic acids is 1. The van der Waals surface area contributed by atoms with Crippen LogP contribution in [0.3, 0.4) is 0 Å². The number of carbonyl (C=O) groups excluding carboxylic acids is 2. The quantitative estimate of drug-likeness (QED) is 0.434. The summed E-state index contributed by atoms with van der Waals surface area (Å²) in [6.45, 7) is -1.81. The number of alkyl halides is 3. The number of anilines is 1. The molecule has 2 aromatic rings. The van der Waals surface area contributed by atoms with Crippen molar-refractivity contribution < 1.29 is 46.5 Å². The molecule has 1 heterocycles. The molecule has 1 fully saturated rings. The Bertz CT molecular complexity index is 1230. The van der Waals surface area contributed by atoms with Crippen molar-refractivity contribution in [1.82, 2.24) is 0 Å². The molecule has 4 rings (SSSR count). The summed E-state index contributed by atoms with van der Waals surface area (Å²) in [4.78, 5) is 38.3. The van der Waals surface area contributed by atoms with Gasteiger partial charge in [-0.15, -0.1) is 0 Å². The van der Waals surface area contributed by atoms with Crippen LogP contribution in [0.2, 0.25) is 0 Å². The average molecular weight is 493 g/mol. The summed E-state index contributed by atoms with van der Waals surface area (Å²) in [5.41, 5.74) is -0.599. The Morgan fingerprint density at radius 2 is 1.86 bits per heavy atom. The van der Waals surface area contributed by atoms with Crippen LogP contribution in [-0.4, -0.2) is 35.9 Å². The van der Waals surface area contributed by atoms with Gasteiger partial charge in [0.25, 0.3) is 5.91 Å². The van der Waals surface area contributed by atoms with E-state index in [-0.39, 0.29) is 40.1 Å². The number of nitrogens with zero attached hydrogens (tertiary/aromatic N) is 1. The summed E-state index contributed by atoms with van der Waals surface area (Å²) in [6.07, 6.45) is -4.17. The van der Waals surface area contributed by atoms with E-state index in [1.54, 1.807) is 0 Å². The Kier molecular flexibility index (Phi) is 6.62. The number of carboxylic acid groups (broad SMARTS) is 1. The number of carbonyl (C=O) groups is 3. The first-order valence-corrected chi connectivity index (χ1v) is 10.6. The number of benzene rings is 2. The molecule has 2 aliphatic rings. The third kappa shape index (κ3) is 4.39. The van der Waals surface area contributed by atoms with Crippen molar-refractivity contribution in [3.05, 3.63) is 70.5 Å². The smallest absolute Gasteiger partial charge is 0.345 e. The molecule has 1 N–H and O–H groups in total. The van der Waals surface area contributed by atoms with Gasteiger partial charge < -0.3 is 14.6 Å². The highest BCUT2D eigenvalue weighted by Gasteiger charge is 2.54. The zero-order valence-corrected chi connectivity index (χ0v) is 18.2. The van der Waals surface area contributed by atoms with E-state index in [9.17, 15) is 31.9 Å². The van der Waals surface area contributed by atoms with Gasteiger partial charge >= 0.3 is 12.6 Å². The fourth-order valence-corrected chi connectivity index (χ4v) is 4.24. The van der Waals surface area contributed by atoms with Gasteiger partial charge in [-0.3, -0.25) is 14.4 Å². The molecular weight excluding hydrogens is 474 g/mol. The Balaban J connectivity index is 1.87. The minimum atomic E-state index is -3.30. The monoisotopic (exact) mass is 493 g/mol. The molecule has 2 amide bonds. The first kappa shape index (κ1) is 24.4. The summed E-state index contributed by atoms with van der Waals surface area (Å²) in [5, 5.41) is 8.89. The van der Waals surface area contributed by atoms with E-state index in [4.69, 9.17) is 14.6 Å². The number of aliphatic carboxylic acids is 1. The first-order valence-electron chi connectivity index (χ1n) is 10.6. The van der Waals surface area contributed by atoms with Crippen molar-refractivity contribution in [1.29, 1.82) is 0 Å². The topological polar surface area (TPSA) is 93.1 Å². The predicted molar refractivity (Wildman–Crippen MR) is 113 cm³/mol. The lowest BCUT2D eigenvalue weighted by atomic mass is 9.81. The van der Waals surface area contributed by atoms with Crippen LogP contribution in [0.25, 0.3) is 5.76 Å². The second-order valence-corrected chi connectivity index (χ2v) is 7.89. The highest BCUT2D eigenvalue weighted by atomic mass is 19.3. The molecule has 0 saturated carbocycles. The number of ether oxygens (including phenoxy) is 2. The molecule has 1 aliphatic carbocycles. The lowest BCUT2D eigenvalue weighted by molar-refractivity contribution is -0.177. The van der Waals surface area contributed by atoms with Gasteiger partial charge in [-0.25, -0.2) is 13.7 Å². The number of fused-ring (bicyclic) bond motifs is 2. The fourth-order valence-electron chi connectivity index (χ4n) is 4.24. The summed E-state index contributed by atoms with van der Waals surface area (Å²) in [7, 11) is 0. The van der Waals surface area contributed by atoms with E-state index in [2.05, 4.69) is 0 Å². The molecule has 0 radical (unpaired) electrons. The molecule has 3 unspecified atom stereocenters. The fraction of sp³-hybridized carbons (Fsp3) is 0.292. The molecule has 184 valence electrons. The summed E-state index contributed by atoms with van der Waals surface area (Å²) >= 11 is 0. The van der Waals surface area contributed by atoms with Crippen LogP contribution in [0.15, 0.2) is 48.0 Å². The normalized spacial score (nSPS) is 20.2. The van der Waals surface area contributed by atoms with E-state index in [1.165, 1.54) is 31.2 Å². The van der Waals surface area contributed by atoms with E-state index in [0.717, 1.165) is 18.2 Å². The third-order valence-corrected chi connectivity index (χ3v) is 5.74. The highest BCUT2D eigenvalue weighted by molar-refractivity contribution is 6.32. The summed E-state index contributed by atoms with van der Waals surface area (Å²) in [6, 6.07) is 8.93. The Hall–Kier alpha value is -3.73. The molecule has 7 nitrogen and oxygen atoms in total. The van der Waals surface area contributed by atoms with Crippen molar-refractivity contribution in [2.45, 2.75) is 38.8 Å². The van der Waals surface area contributed by atoms with Crippen molar-refractivity contribution >= 4 is 29.2 Å². The van der Waals surface area contributed by atoms with Crippen molar-refractivity contribution in [2.75, 3.05) is 4.90 Å². The van der Waals surface area contributed by atoms with Crippen LogP contribution < -0.4 is 4.90 Å². The first-order chi connectivity index (χ1) is 16.6. The predicted octanol–water partition coefficient (Wildman–Crippen LogP) is 4.37. The standard InChI is InChI=1S/C24H19F4NO6/c1-2-16(26)34-20-13-5-3-4-6-14(13)21(35-24(27)28)19-18(20)22(32)29(23(19)33)12-8-7-11(9-17(30)31)15(25)10-12/h3-8,10,16,19,21,24H,2,9H2,1H3,(H,30,31). The van der Waals surface area contributed by atoms with E-state index >= 15 is 0 Å². The lowest BCUT2D eigenvalue weighted by Crippen LogP contribution is -2.33. The molecular formula is C24H19F4NO6. The Morgan fingerprint density at radius 1 is 1.14 bits per heavy atom. The molecule has 11 heteroatoms. The van der Waals surface area contributed by atoms with E-state index in [1.807, 2.05) is 0 Å². The SMILES string of the molecule is CCC(F)OC1=C2C(=O)N(c3ccc(CC(=O)O)c(F)c3)C(=O)C2C(OC(F)F)c2ccccc21. The van der Waals surface area contributed by atoms with Crippen LogP contribution in [0.1, 0.15) is 36.1 Å².